The Morgan fingerprint density at radius 2 is 2.12 bits per heavy atom. The lowest BCUT2D eigenvalue weighted by atomic mass is 9.87. The lowest BCUT2D eigenvalue weighted by Crippen LogP contribution is -2.41. The number of benzene rings is 1. The smallest absolute Gasteiger partial charge is 0.193 e. The first-order valence-electron chi connectivity index (χ1n) is 8.52. The topological polar surface area (TPSA) is 57.1 Å². The quantitative estimate of drug-likeness (QED) is 0.324. The van der Waals surface area contributed by atoms with Gasteiger partial charge in [0.1, 0.15) is 5.75 Å². The molecule has 5 nitrogen and oxygen atoms in total. The Morgan fingerprint density at radius 3 is 2.79 bits per heavy atom. The molecule has 0 aliphatic carbocycles. The molecule has 2 heterocycles. The molecule has 2 N–H and O–H groups in total. The molecule has 0 saturated carbocycles. The van der Waals surface area contributed by atoms with Gasteiger partial charge in [0.2, 0.25) is 0 Å². The number of likely N-dealkylation sites (tertiary alicyclic amines) is 1. The number of halogens is 1. The van der Waals surface area contributed by atoms with Gasteiger partial charge in [-0.05, 0) is 43.4 Å². The molecule has 0 radical (unpaired) electrons. The van der Waals surface area contributed by atoms with Crippen LogP contribution in [0.1, 0.15) is 24.8 Å². The molecule has 0 aromatic heterocycles. The Morgan fingerprint density at radius 1 is 1.33 bits per heavy atom. The highest BCUT2D eigenvalue weighted by atomic mass is 127. The number of phenolic OH excluding ortho intramolecular Hbond substituents is 1. The lowest BCUT2D eigenvalue weighted by molar-refractivity contribution is 0.156. The number of aryl methyl sites for hydroxylation is 1. The van der Waals surface area contributed by atoms with Gasteiger partial charge in [-0.25, -0.2) is 0 Å². The van der Waals surface area contributed by atoms with Crippen LogP contribution in [0, 0.1) is 5.41 Å². The molecule has 1 spiro atoms. The molecule has 2 fully saturated rings. The third-order valence-corrected chi connectivity index (χ3v) is 5.00. The largest absolute Gasteiger partial charge is 0.508 e. The van der Waals surface area contributed by atoms with E-state index in [9.17, 15) is 5.11 Å². The van der Waals surface area contributed by atoms with Gasteiger partial charge in [0.25, 0.3) is 0 Å². The van der Waals surface area contributed by atoms with E-state index in [1.165, 1.54) is 18.4 Å². The molecule has 1 aromatic carbocycles. The Bertz CT molecular complexity index is 542. The van der Waals surface area contributed by atoms with Crippen molar-refractivity contribution in [2.75, 3.05) is 39.9 Å². The molecular formula is C18H28IN3O2. The monoisotopic (exact) mass is 445 g/mol. The lowest BCUT2D eigenvalue weighted by Gasteiger charge is -2.25. The van der Waals surface area contributed by atoms with Crippen LogP contribution < -0.4 is 5.32 Å². The molecule has 24 heavy (non-hydrogen) atoms. The van der Waals surface area contributed by atoms with Crippen LogP contribution >= 0.6 is 24.0 Å². The van der Waals surface area contributed by atoms with Gasteiger partial charge in [-0.15, -0.1) is 24.0 Å². The maximum absolute atomic E-state index is 9.30. The van der Waals surface area contributed by atoms with E-state index >= 15 is 0 Å². The van der Waals surface area contributed by atoms with Crippen LogP contribution in [0.5, 0.6) is 5.75 Å². The predicted octanol–water partition coefficient (Wildman–Crippen LogP) is 2.63. The van der Waals surface area contributed by atoms with Gasteiger partial charge >= 0.3 is 0 Å². The third-order valence-electron chi connectivity index (χ3n) is 5.00. The zero-order valence-corrected chi connectivity index (χ0v) is 16.7. The first-order valence-corrected chi connectivity index (χ1v) is 8.52. The first-order chi connectivity index (χ1) is 11.2. The summed E-state index contributed by atoms with van der Waals surface area (Å²) in [5.41, 5.74) is 1.62. The van der Waals surface area contributed by atoms with E-state index in [1.807, 2.05) is 19.2 Å². The van der Waals surface area contributed by atoms with Crippen molar-refractivity contribution in [3.8, 4) is 5.75 Å². The van der Waals surface area contributed by atoms with Gasteiger partial charge in [-0.2, -0.15) is 0 Å². The molecule has 0 bridgehead atoms. The van der Waals surface area contributed by atoms with Crippen molar-refractivity contribution in [1.82, 2.24) is 10.2 Å². The molecular weight excluding hydrogens is 417 g/mol. The van der Waals surface area contributed by atoms with Crippen LogP contribution in [-0.4, -0.2) is 55.9 Å². The average Bonchev–Trinajstić information content (AvgIpc) is 3.20. The van der Waals surface area contributed by atoms with Crippen molar-refractivity contribution in [3.63, 3.8) is 0 Å². The summed E-state index contributed by atoms with van der Waals surface area (Å²) in [5, 5.41) is 12.8. The minimum atomic E-state index is 0. The number of nitrogens with zero attached hydrogens (tertiary/aromatic N) is 2. The van der Waals surface area contributed by atoms with E-state index < -0.39 is 0 Å². The maximum Gasteiger partial charge on any atom is 0.193 e. The van der Waals surface area contributed by atoms with E-state index in [0.29, 0.717) is 11.2 Å². The number of nitrogens with one attached hydrogen (secondary N) is 1. The summed E-state index contributed by atoms with van der Waals surface area (Å²) in [6.45, 7) is 4.85. The van der Waals surface area contributed by atoms with Crippen LogP contribution in [0.3, 0.4) is 0 Å². The summed E-state index contributed by atoms with van der Waals surface area (Å²) >= 11 is 0. The molecule has 1 atom stereocenters. The van der Waals surface area contributed by atoms with Crippen molar-refractivity contribution in [1.29, 1.82) is 0 Å². The summed E-state index contributed by atoms with van der Waals surface area (Å²) in [7, 11) is 1.86. The minimum Gasteiger partial charge on any atom is -0.508 e. The second-order valence-corrected chi connectivity index (χ2v) is 6.72. The number of hydrogen-bond donors (Lipinski definition) is 2. The molecule has 1 aromatic rings. The number of ether oxygens (including phenoxy) is 1. The molecule has 6 heteroatoms. The van der Waals surface area contributed by atoms with Gasteiger partial charge in [-0.1, -0.05) is 12.1 Å². The van der Waals surface area contributed by atoms with Crippen LogP contribution in [0.2, 0.25) is 0 Å². The van der Waals surface area contributed by atoms with Crippen LogP contribution in [-0.2, 0) is 11.2 Å². The summed E-state index contributed by atoms with van der Waals surface area (Å²) in [5.74, 6) is 1.34. The van der Waals surface area contributed by atoms with Gasteiger partial charge in [0.05, 0.1) is 6.61 Å². The molecule has 2 saturated heterocycles. The number of rotatable bonds is 4. The van der Waals surface area contributed by atoms with Crippen LogP contribution in [0.25, 0.3) is 0 Å². The van der Waals surface area contributed by atoms with Gasteiger partial charge < -0.3 is 20.1 Å². The Balaban J connectivity index is 0.00000208. The highest BCUT2D eigenvalue weighted by Gasteiger charge is 2.42. The van der Waals surface area contributed by atoms with Crippen molar-refractivity contribution in [2.45, 2.75) is 25.7 Å². The van der Waals surface area contributed by atoms with Gasteiger partial charge in [-0.3, -0.25) is 4.99 Å². The van der Waals surface area contributed by atoms with E-state index in [-0.39, 0.29) is 24.0 Å². The van der Waals surface area contributed by atoms with Crippen LogP contribution in [0.4, 0.5) is 0 Å². The van der Waals surface area contributed by atoms with Gasteiger partial charge in [0, 0.05) is 38.7 Å². The highest BCUT2D eigenvalue weighted by Crippen LogP contribution is 2.38. The van der Waals surface area contributed by atoms with E-state index in [4.69, 9.17) is 4.74 Å². The zero-order valence-electron chi connectivity index (χ0n) is 14.3. The van der Waals surface area contributed by atoms with Crippen molar-refractivity contribution < 1.29 is 9.84 Å². The second kappa shape index (κ2) is 8.89. The highest BCUT2D eigenvalue weighted by molar-refractivity contribution is 14.0. The third kappa shape index (κ3) is 4.75. The minimum absolute atomic E-state index is 0. The average molecular weight is 445 g/mol. The number of guanidine groups is 1. The summed E-state index contributed by atoms with van der Waals surface area (Å²) in [4.78, 5) is 6.81. The number of phenols is 1. The Labute approximate surface area is 161 Å². The standard InChI is InChI=1S/C18H27N3O2.HI/c1-19-17(21-11-8-18(13-21)9-12-23-14-18)20-10-2-3-15-4-6-16(22)7-5-15;/h4-7,22H,2-3,8-14H2,1H3,(H,19,20);1H. The molecule has 2 aliphatic rings. The van der Waals surface area contributed by atoms with Crippen molar-refractivity contribution >= 4 is 29.9 Å². The summed E-state index contributed by atoms with van der Waals surface area (Å²) in [6, 6.07) is 7.45. The molecule has 2 aliphatic heterocycles. The molecule has 134 valence electrons. The SMILES string of the molecule is CN=C(NCCCc1ccc(O)cc1)N1CCC2(CCOC2)C1.I. The fourth-order valence-electron chi connectivity index (χ4n) is 3.57. The summed E-state index contributed by atoms with van der Waals surface area (Å²) in [6.07, 6.45) is 4.44. The van der Waals surface area contributed by atoms with Crippen molar-refractivity contribution in [2.24, 2.45) is 10.4 Å². The number of hydrogen-bond acceptors (Lipinski definition) is 3. The zero-order chi connectivity index (χ0) is 16.1. The summed E-state index contributed by atoms with van der Waals surface area (Å²) < 4.78 is 5.60. The number of aromatic hydroxyl groups is 1. The Hall–Kier alpha value is -1.02. The number of aliphatic imine (C=N–C) groups is 1. The maximum atomic E-state index is 9.30. The Kier molecular flexibility index (Phi) is 7.16. The predicted molar refractivity (Wildman–Crippen MR) is 107 cm³/mol. The fourth-order valence-corrected chi connectivity index (χ4v) is 3.57. The normalized spacial score (nSPS) is 23.5. The molecule has 0 amide bonds. The second-order valence-electron chi connectivity index (χ2n) is 6.72. The first kappa shape index (κ1) is 19.3. The van der Waals surface area contributed by atoms with E-state index in [1.54, 1.807) is 12.1 Å². The van der Waals surface area contributed by atoms with E-state index in [0.717, 1.165) is 51.6 Å². The fraction of sp³-hybridized carbons (Fsp3) is 0.611. The van der Waals surface area contributed by atoms with Crippen molar-refractivity contribution in [3.05, 3.63) is 29.8 Å². The molecule has 1 unspecified atom stereocenters. The van der Waals surface area contributed by atoms with Crippen LogP contribution in [0.15, 0.2) is 29.3 Å². The van der Waals surface area contributed by atoms with E-state index in [2.05, 4.69) is 15.2 Å². The van der Waals surface area contributed by atoms with Gasteiger partial charge in [0.15, 0.2) is 5.96 Å². The molecule has 3 rings (SSSR count).